The molecule has 400 valence electrons. The molecule has 0 aliphatic heterocycles. The van der Waals surface area contributed by atoms with Crippen LogP contribution in [0.3, 0.4) is 0 Å². The topological polar surface area (TPSA) is 19.6 Å². The zero-order valence-electron chi connectivity index (χ0n) is 47.2. The third-order valence-electron chi connectivity index (χ3n) is 18.7. The van der Waals surface area contributed by atoms with E-state index in [1.807, 2.05) is 0 Å². The highest BCUT2D eigenvalue weighted by Crippen LogP contribution is 2.66. The van der Waals surface area contributed by atoms with E-state index >= 15 is 0 Å². The van der Waals surface area contributed by atoms with Gasteiger partial charge in [-0.2, -0.15) is 0 Å². The lowest BCUT2D eigenvalue weighted by molar-refractivity contribution is 0.660. The lowest BCUT2D eigenvalue weighted by atomic mass is 9.70. The predicted molar refractivity (Wildman–Crippen MR) is 353 cm³/mol. The summed E-state index contributed by atoms with van der Waals surface area (Å²) in [5.74, 6) is 0. The molecule has 0 N–H and O–H groups in total. The summed E-state index contributed by atoms with van der Waals surface area (Å²) < 4.78 is 6.95. The Bertz CT molecular complexity index is 4920. The van der Waals surface area contributed by atoms with Crippen LogP contribution < -0.4 is 9.80 Å². The molecule has 0 fully saturated rings. The maximum absolute atomic E-state index is 6.95. The summed E-state index contributed by atoms with van der Waals surface area (Å²) in [4.78, 5) is 4.81. The van der Waals surface area contributed by atoms with Crippen molar-refractivity contribution in [2.45, 2.75) is 24.7 Å². The number of nitrogens with zero attached hydrogens (tertiary/aromatic N) is 2. The van der Waals surface area contributed by atoms with Crippen molar-refractivity contribution in [2.24, 2.45) is 0 Å². The molecular formula is C82H56N2O. The fourth-order valence-corrected chi connectivity index (χ4v) is 14.8. The zero-order chi connectivity index (χ0) is 56.4. The predicted octanol–water partition coefficient (Wildman–Crippen LogP) is 22.2. The van der Waals surface area contributed by atoms with E-state index in [1.54, 1.807) is 0 Å². The smallest absolute Gasteiger partial charge is 0.159 e. The molecule has 3 heteroatoms. The molecule has 13 aromatic carbocycles. The van der Waals surface area contributed by atoms with Gasteiger partial charge in [0.05, 0.1) is 11.1 Å². The van der Waals surface area contributed by atoms with Crippen LogP contribution in [0.4, 0.5) is 34.1 Å². The maximum Gasteiger partial charge on any atom is 0.159 e. The van der Waals surface area contributed by atoms with Crippen molar-refractivity contribution in [1.82, 2.24) is 0 Å². The van der Waals surface area contributed by atoms with Crippen molar-refractivity contribution in [2.75, 3.05) is 9.80 Å². The molecule has 17 rings (SSSR count). The molecule has 3 aliphatic rings. The minimum Gasteiger partial charge on any atom is -0.454 e. The summed E-state index contributed by atoms with van der Waals surface area (Å²) in [6.45, 7) is 4.86. The van der Waals surface area contributed by atoms with Crippen LogP contribution in [0, 0.1) is 0 Å². The molecule has 0 bridgehead atoms. The fraction of sp³-hybridized carbons (Fsp3) is 0.0488. The van der Waals surface area contributed by atoms with Crippen LogP contribution in [0.5, 0.6) is 0 Å². The highest BCUT2D eigenvalue weighted by Gasteiger charge is 2.53. The lowest BCUT2D eigenvalue weighted by Gasteiger charge is -2.31. The number of furan rings is 1. The van der Waals surface area contributed by atoms with Gasteiger partial charge in [-0.1, -0.05) is 244 Å². The van der Waals surface area contributed by atoms with Gasteiger partial charge in [0.25, 0.3) is 0 Å². The monoisotopic (exact) mass is 1080 g/mol. The first-order chi connectivity index (χ1) is 41.9. The molecule has 3 aliphatic carbocycles. The Morgan fingerprint density at radius 2 is 0.729 bits per heavy atom. The molecule has 0 amide bonds. The largest absolute Gasteiger partial charge is 0.454 e. The van der Waals surface area contributed by atoms with E-state index in [4.69, 9.17) is 4.42 Å². The standard InChI is InChI=1S/C82H56N2O/c1-81(2)73-47-48-74-79(68-30-14-18-34-72(68)82(74)70-32-16-12-27-64(70)65-28-13-17-33-71(65)82)78(73)69-46-41-57(51-75(69)81)58-49-62(83(59-25-10-5-11-26-59)60-42-37-55(38-43-60)53-21-6-3-7-22-53)52-63(50-58)84(61-44-39-56(40-45-61)54-23-8-4-9-24-54)76-35-20-31-67-66-29-15-19-36-77(66)85-80(67)76/h3-52H,1-2H3. The van der Waals surface area contributed by atoms with Crippen molar-refractivity contribution in [1.29, 1.82) is 0 Å². The number of fused-ring (bicyclic) bond motifs is 17. The number of rotatable bonds is 9. The minimum atomic E-state index is -0.426. The van der Waals surface area contributed by atoms with Crippen LogP contribution in [0.1, 0.15) is 47.2 Å². The molecule has 3 nitrogen and oxygen atoms in total. The Morgan fingerprint density at radius 3 is 1.38 bits per heavy atom. The van der Waals surface area contributed by atoms with Gasteiger partial charge in [0.1, 0.15) is 5.58 Å². The second-order valence-corrected chi connectivity index (χ2v) is 23.5. The van der Waals surface area contributed by atoms with Gasteiger partial charge in [0.15, 0.2) is 5.58 Å². The van der Waals surface area contributed by atoms with Crippen molar-refractivity contribution >= 4 is 56.1 Å². The lowest BCUT2D eigenvalue weighted by Crippen LogP contribution is -2.26. The van der Waals surface area contributed by atoms with E-state index in [0.717, 1.165) is 72.8 Å². The molecule has 0 atom stereocenters. The fourth-order valence-electron chi connectivity index (χ4n) is 14.8. The summed E-state index contributed by atoms with van der Waals surface area (Å²) in [6.07, 6.45) is 0. The van der Waals surface area contributed by atoms with Crippen LogP contribution in [0.25, 0.3) is 88.7 Å². The Labute approximate surface area is 495 Å². The minimum absolute atomic E-state index is 0.313. The van der Waals surface area contributed by atoms with Crippen molar-refractivity contribution in [3.63, 3.8) is 0 Å². The molecule has 1 heterocycles. The van der Waals surface area contributed by atoms with Crippen molar-refractivity contribution in [3.05, 3.63) is 337 Å². The van der Waals surface area contributed by atoms with E-state index in [1.165, 1.54) is 83.5 Å². The molecule has 0 saturated carbocycles. The summed E-state index contributed by atoms with van der Waals surface area (Å²) in [7, 11) is 0. The van der Waals surface area contributed by atoms with Gasteiger partial charge < -0.3 is 14.2 Å². The van der Waals surface area contributed by atoms with E-state index in [-0.39, 0.29) is 5.41 Å². The quantitative estimate of drug-likeness (QED) is 0.144. The summed E-state index contributed by atoms with van der Waals surface area (Å²) in [6, 6.07) is 112. The molecule has 14 aromatic rings. The van der Waals surface area contributed by atoms with E-state index < -0.39 is 5.41 Å². The average molecular weight is 1090 g/mol. The first-order valence-electron chi connectivity index (χ1n) is 29.6. The maximum atomic E-state index is 6.95. The summed E-state index contributed by atoms with van der Waals surface area (Å²) in [5, 5.41) is 2.16. The van der Waals surface area contributed by atoms with Crippen LogP contribution in [-0.4, -0.2) is 0 Å². The van der Waals surface area contributed by atoms with Crippen LogP contribution >= 0.6 is 0 Å². The van der Waals surface area contributed by atoms with Gasteiger partial charge in [-0.25, -0.2) is 0 Å². The summed E-state index contributed by atoms with van der Waals surface area (Å²) >= 11 is 0. The third kappa shape index (κ3) is 7.33. The Balaban J connectivity index is 0.894. The molecule has 1 spiro atoms. The Kier molecular flexibility index (Phi) is 10.9. The highest BCUT2D eigenvalue weighted by molar-refractivity contribution is 6.11. The van der Waals surface area contributed by atoms with Crippen LogP contribution in [-0.2, 0) is 10.8 Å². The normalized spacial score (nSPS) is 13.5. The van der Waals surface area contributed by atoms with Gasteiger partial charge >= 0.3 is 0 Å². The first kappa shape index (κ1) is 48.9. The average Bonchev–Trinajstić information content (AvgIpc) is 1.51. The molecule has 0 saturated heterocycles. The van der Waals surface area contributed by atoms with Crippen molar-refractivity contribution < 1.29 is 4.42 Å². The molecule has 1 aromatic heterocycles. The number of anilines is 6. The number of benzene rings is 13. The van der Waals surface area contributed by atoms with E-state index in [0.29, 0.717) is 0 Å². The van der Waals surface area contributed by atoms with Gasteiger partial charge in [-0.05, 0) is 173 Å². The van der Waals surface area contributed by atoms with Gasteiger partial charge in [0.2, 0.25) is 0 Å². The van der Waals surface area contributed by atoms with Crippen LogP contribution in [0.15, 0.2) is 308 Å². The zero-order valence-corrected chi connectivity index (χ0v) is 47.2. The molecule has 85 heavy (non-hydrogen) atoms. The van der Waals surface area contributed by atoms with Crippen molar-refractivity contribution in [3.8, 4) is 66.8 Å². The van der Waals surface area contributed by atoms with Gasteiger partial charge in [0, 0.05) is 44.6 Å². The Hall–Kier alpha value is -10.7. The summed E-state index contributed by atoms with van der Waals surface area (Å²) in [5.41, 5.74) is 30.0. The highest BCUT2D eigenvalue weighted by atomic mass is 16.3. The molecule has 0 unspecified atom stereocenters. The molecular weight excluding hydrogens is 1030 g/mol. The molecule has 0 radical (unpaired) electrons. The number of hydrogen-bond acceptors (Lipinski definition) is 3. The van der Waals surface area contributed by atoms with Gasteiger partial charge in [-0.3, -0.25) is 0 Å². The number of hydrogen-bond donors (Lipinski definition) is 0. The van der Waals surface area contributed by atoms with Crippen LogP contribution in [0.2, 0.25) is 0 Å². The SMILES string of the molecule is CC1(C)c2cc(-c3cc(N(c4ccccc4)c4ccc(-c5ccccc5)cc4)cc(N(c4ccc(-c5ccccc5)cc4)c4cccc5c4oc4ccccc45)c3)ccc2-c2c1ccc1c2-c2ccccc2C12c1ccccc1-c1ccccc12. The van der Waals surface area contributed by atoms with E-state index in [9.17, 15) is 0 Å². The van der Waals surface area contributed by atoms with Gasteiger partial charge in [-0.15, -0.1) is 0 Å². The third-order valence-corrected chi connectivity index (χ3v) is 18.7. The number of para-hydroxylation sites is 3. The van der Waals surface area contributed by atoms with E-state index in [2.05, 4.69) is 327 Å². The first-order valence-corrected chi connectivity index (χ1v) is 29.6. The second kappa shape index (κ2) is 18.9. The second-order valence-electron chi connectivity index (χ2n) is 23.5. The Morgan fingerprint density at radius 1 is 0.271 bits per heavy atom.